The molecule has 0 bridgehead atoms. The summed E-state index contributed by atoms with van der Waals surface area (Å²) in [5, 5.41) is 11.2. The lowest BCUT2D eigenvalue weighted by Gasteiger charge is -2.04. The van der Waals surface area contributed by atoms with E-state index in [1.165, 1.54) is 40.9 Å². The van der Waals surface area contributed by atoms with Gasteiger partial charge in [-0.1, -0.05) is 47.3 Å². The Kier molecular flexibility index (Phi) is 18.8. The first-order chi connectivity index (χ1) is 9.16. The summed E-state index contributed by atoms with van der Waals surface area (Å²) >= 11 is 0. The second-order valence-electron chi connectivity index (χ2n) is 4.18. The van der Waals surface area contributed by atoms with Crippen LogP contribution in [0.5, 0.6) is 0 Å². The van der Waals surface area contributed by atoms with Gasteiger partial charge in [0.15, 0.2) is 0 Å². The molecule has 0 spiro atoms. The van der Waals surface area contributed by atoms with E-state index in [2.05, 4.69) is 5.32 Å². The Morgan fingerprint density at radius 3 is 2.10 bits per heavy atom. The number of halogens is 1. The minimum atomic E-state index is -0.854. The standard InChI is InChI=1S/C12H24N2O3S2.ClH/c13-7-5-3-1-2-4-6-8-14-11(15)9-18-19-10-12(16)17;/h1-10,13H2,(H,14,15)(H,16,17);1H. The second kappa shape index (κ2) is 16.9. The smallest absolute Gasteiger partial charge is 0.314 e. The Morgan fingerprint density at radius 2 is 1.50 bits per heavy atom. The second-order valence-corrected chi connectivity index (χ2v) is 6.64. The van der Waals surface area contributed by atoms with Gasteiger partial charge in [0.1, 0.15) is 5.75 Å². The van der Waals surface area contributed by atoms with Gasteiger partial charge in [-0.3, -0.25) is 9.59 Å². The zero-order chi connectivity index (χ0) is 14.3. The number of unbranched alkanes of at least 4 members (excludes halogenated alkanes) is 5. The van der Waals surface area contributed by atoms with Gasteiger partial charge in [0.2, 0.25) is 5.91 Å². The summed E-state index contributed by atoms with van der Waals surface area (Å²) in [7, 11) is 2.47. The lowest BCUT2D eigenvalue weighted by atomic mass is 10.1. The van der Waals surface area contributed by atoms with Gasteiger partial charge in [0.05, 0.1) is 5.75 Å². The van der Waals surface area contributed by atoms with Crippen molar-refractivity contribution in [3.63, 3.8) is 0 Å². The number of nitrogens with two attached hydrogens (primary N) is 1. The molecule has 0 saturated carbocycles. The number of hydrogen-bond acceptors (Lipinski definition) is 5. The van der Waals surface area contributed by atoms with E-state index in [4.69, 9.17) is 10.8 Å². The number of nitrogens with one attached hydrogen (secondary N) is 1. The maximum absolute atomic E-state index is 11.4. The van der Waals surface area contributed by atoms with Crippen LogP contribution in [0.1, 0.15) is 38.5 Å². The highest BCUT2D eigenvalue weighted by atomic mass is 35.5. The summed E-state index contributed by atoms with van der Waals surface area (Å²) in [4.78, 5) is 21.6. The molecule has 0 radical (unpaired) electrons. The molecule has 0 aromatic carbocycles. The zero-order valence-electron chi connectivity index (χ0n) is 11.6. The van der Waals surface area contributed by atoms with Gasteiger partial charge in [-0.2, -0.15) is 0 Å². The highest BCUT2D eigenvalue weighted by molar-refractivity contribution is 8.77. The summed E-state index contributed by atoms with van der Waals surface area (Å²) in [6.45, 7) is 1.48. The number of carboxylic acid groups (broad SMARTS) is 1. The third-order valence-corrected chi connectivity index (χ3v) is 4.53. The van der Waals surface area contributed by atoms with Crippen LogP contribution in [-0.4, -0.2) is 41.6 Å². The molecule has 0 aliphatic carbocycles. The third kappa shape index (κ3) is 17.9. The summed E-state index contributed by atoms with van der Waals surface area (Å²) < 4.78 is 0. The van der Waals surface area contributed by atoms with Crippen molar-refractivity contribution in [1.29, 1.82) is 0 Å². The van der Waals surface area contributed by atoms with Crippen LogP contribution in [-0.2, 0) is 9.59 Å². The molecule has 120 valence electrons. The molecule has 0 rings (SSSR count). The van der Waals surface area contributed by atoms with Gasteiger partial charge in [-0.25, -0.2) is 0 Å². The molecule has 1 amide bonds. The average molecular weight is 345 g/mol. The molecule has 0 aromatic heterocycles. The number of rotatable bonds is 13. The molecule has 0 heterocycles. The minimum Gasteiger partial charge on any atom is -0.481 e. The first-order valence-electron chi connectivity index (χ1n) is 6.59. The van der Waals surface area contributed by atoms with Crippen molar-refractivity contribution in [1.82, 2.24) is 5.32 Å². The van der Waals surface area contributed by atoms with Crippen LogP contribution in [0, 0.1) is 0 Å². The normalized spacial score (nSPS) is 9.85. The maximum Gasteiger partial charge on any atom is 0.314 e. The Balaban J connectivity index is 0. The molecular weight excluding hydrogens is 320 g/mol. The van der Waals surface area contributed by atoms with Crippen LogP contribution in [0.2, 0.25) is 0 Å². The molecule has 0 atom stereocenters. The summed E-state index contributed by atoms with van der Waals surface area (Å²) in [6, 6.07) is 0. The van der Waals surface area contributed by atoms with Crippen LogP contribution >= 0.6 is 34.0 Å². The largest absolute Gasteiger partial charge is 0.481 e. The Hall–Kier alpha value is -0.110. The lowest BCUT2D eigenvalue weighted by molar-refractivity contribution is -0.133. The van der Waals surface area contributed by atoms with E-state index in [1.807, 2.05) is 0 Å². The van der Waals surface area contributed by atoms with Crippen molar-refractivity contribution in [3.05, 3.63) is 0 Å². The topological polar surface area (TPSA) is 92.4 Å². The molecule has 20 heavy (non-hydrogen) atoms. The molecule has 0 aromatic rings. The van der Waals surface area contributed by atoms with E-state index in [-0.39, 0.29) is 24.1 Å². The first-order valence-corrected chi connectivity index (χ1v) is 9.08. The predicted molar refractivity (Wildman–Crippen MR) is 89.6 cm³/mol. The van der Waals surface area contributed by atoms with Crippen LogP contribution in [0.3, 0.4) is 0 Å². The summed E-state index contributed by atoms with van der Waals surface area (Å²) in [6.07, 6.45) is 6.83. The summed E-state index contributed by atoms with van der Waals surface area (Å²) in [5.74, 6) is -0.534. The molecule has 4 N–H and O–H groups in total. The Bertz CT molecular complexity index is 259. The van der Waals surface area contributed by atoms with E-state index in [0.717, 1.165) is 25.8 Å². The monoisotopic (exact) mass is 344 g/mol. The van der Waals surface area contributed by atoms with Crippen LogP contribution in [0.25, 0.3) is 0 Å². The van der Waals surface area contributed by atoms with Crippen LogP contribution in [0.15, 0.2) is 0 Å². The maximum atomic E-state index is 11.4. The molecule has 0 unspecified atom stereocenters. The van der Waals surface area contributed by atoms with Gasteiger partial charge in [0.25, 0.3) is 0 Å². The van der Waals surface area contributed by atoms with Gasteiger partial charge < -0.3 is 16.2 Å². The first kappa shape index (κ1) is 22.2. The number of aliphatic carboxylic acids is 1. The van der Waals surface area contributed by atoms with Crippen LogP contribution in [0.4, 0.5) is 0 Å². The highest BCUT2D eigenvalue weighted by Crippen LogP contribution is 2.19. The molecule has 5 nitrogen and oxygen atoms in total. The van der Waals surface area contributed by atoms with Gasteiger partial charge in [-0.15, -0.1) is 12.4 Å². The highest BCUT2D eigenvalue weighted by Gasteiger charge is 2.03. The fraction of sp³-hybridized carbons (Fsp3) is 0.833. The van der Waals surface area contributed by atoms with E-state index in [1.54, 1.807) is 0 Å². The SMILES string of the molecule is Cl.NCCCCCCCCNC(=O)CSSCC(=O)O. The van der Waals surface area contributed by atoms with E-state index in [0.29, 0.717) is 12.3 Å². The van der Waals surface area contributed by atoms with Gasteiger partial charge in [0, 0.05) is 6.54 Å². The third-order valence-electron chi connectivity index (χ3n) is 2.41. The average Bonchev–Trinajstić information content (AvgIpc) is 2.37. The summed E-state index contributed by atoms with van der Waals surface area (Å²) in [5.41, 5.74) is 5.41. The fourth-order valence-corrected chi connectivity index (χ4v) is 3.04. The quantitative estimate of drug-likeness (QED) is 0.350. The van der Waals surface area contributed by atoms with Crippen molar-refractivity contribution in [2.24, 2.45) is 5.73 Å². The molecule has 0 fully saturated rings. The fourth-order valence-electron chi connectivity index (χ4n) is 1.44. The number of carbonyl (C=O) groups excluding carboxylic acids is 1. The molecule has 0 aliphatic rings. The zero-order valence-corrected chi connectivity index (χ0v) is 14.1. The van der Waals surface area contributed by atoms with Gasteiger partial charge >= 0.3 is 5.97 Å². The molecule has 0 aliphatic heterocycles. The number of amides is 1. The predicted octanol–water partition coefficient (Wildman–Crippen LogP) is 2.29. The van der Waals surface area contributed by atoms with Crippen molar-refractivity contribution >= 4 is 45.9 Å². The molecule has 8 heteroatoms. The number of hydrogen-bond donors (Lipinski definition) is 3. The van der Waals surface area contributed by atoms with E-state index >= 15 is 0 Å². The van der Waals surface area contributed by atoms with Gasteiger partial charge in [-0.05, 0) is 19.4 Å². The lowest BCUT2D eigenvalue weighted by Crippen LogP contribution is -2.25. The van der Waals surface area contributed by atoms with Crippen molar-refractivity contribution in [3.8, 4) is 0 Å². The van der Waals surface area contributed by atoms with Crippen LogP contribution < -0.4 is 11.1 Å². The Labute approximate surface area is 135 Å². The van der Waals surface area contributed by atoms with E-state index in [9.17, 15) is 9.59 Å². The number of carboxylic acids is 1. The van der Waals surface area contributed by atoms with Crippen molar-refractivity contribution < 1.29 is 14.7 Å². The number of carbonyl (C=O) groups is 2. The van der Waals surface area contributed by atoms with E-state index < -0.39 is 5.97 Å². The molecular formula is C12H25ClN2O3S2. The van der Waals surface area contributed by atoms with Crippen molar-refractivity contribution in [2.75, 3.05) is 24.6 Å². The Morgan fingerprint density at radius 1 is 0.950 bits per heavy atom. The minimum absolute atomic E-state index is 0. The van der Waals surface area contributed by atoms with Crippen molar-refractivity contribution in [2.45, 2.75) is 38.5 Å². The molecule has 0 saturated heterocycles.